The largest absolute Gasteiger partial charge is 0.550 e. The minimum atomic E-state index is -1.19. The lowest BCUT2D eigenvalue weighted by atomic mass is 9.98. The molecular formula is C18H19N2O3-. The van der Waals surface area contributed by atoms with Crippen LogP contribution in [0.1, 0.15) is 35.7 Å². The lowest BCUT2D eigenvalue weighted by molar-refractivity contribution is -0.305. The molecule has 0 saturated carbocycles. The van der Waals surface area contributed by atoms with Gasteiger partial charge in [-0.1, -0.05) is 29.8 Å². The van der Waals surface area contributed by atoms with Crippen LogP contribution in [-0.2, 0) is 16.1 Å². The summed E-state index contributed by atoms with van der Waals surface area (Å²) in [7, 11) is 0. The van der Waals surface area contributed by atoms with E-state index in [9.17, 15) is 14.7 Å². The molecule has 0 fully saturated rings. The van der Waals surface area contributed by atoms with Gasteiger partial charge in [0.1, 0.15) is 0 Å². The van der Waals surface area contributed by atoms with E-state index in [1.54, 1.807) is 4.90 Å². The topological polar surface area (TPSA) is 65.4 Å². The van der Waals surface area contributed by atoms with Crippen LogP contribution < -0.4 is 5.11 Å². The van der Waals surface area contributed by atoms with Crippen LogP contribution in [0.5, 0.6) is 0 Å². The molecular weight excluding hydrogens is 292 g/mol. The molecule has 120 valence electrons. The summed E-state index contributed by atoms with van der Waals surface area (Å²) in [4.78, 5) is 24.9. The Kier molecular flexibility index (Phi) is 4.19. The average molecular weight is 311 g/mol. The Morgan fingerprint density at radius 1 is 1.13 bits per heavy atom. The van der Waals surface area contributed by atoms with Crippen molar-refractivity contribution < 1.29 is 14.7 Å². The van der Waals surface area contributed by atoms with Gasteiger partial charge in [0.2, 0.25) is 5.91 Å². The Balaban J connectivity index is 1.93. The van der Waals surface area contributed by atoms with Crippen molar-refractivity contribution in [1.29, 1.82) is 0 Å². The van der Waals surface area contributed by atoms with E-state index in [4.69, 9.17) is 0 Å². The molecule has 23 heavy (non-hydrogen) atoms. The van der Waals surface area contributed by atoms with Crippen LogP contribution in [-0.4, -0.2) is 27.9 Å². The molecule has 2 heterocycles. The summed E-state index contributed by atoms with van der Waals surface area (Å²) in [6.07, 6.45) is 1.75. The number of aliphatic carboxylic acids is 1. The third-order valence-electron chi connectivity index (χ3n) is 4.29. The number of carboxylic acid groups (broad SMARTS) is 1. The normalized spacial score (nSPS) is 16.9. The highest BCUT2D eigenvalue weighted by molar-refractivity contribution is 5.81. The molecule has 0 aliphatic carbocycles. The zero-order valence-corrected chi connectivity index (χ0v) is 13.1. The minimum absolute atomic E-state index is 0.0224. The van der Waals surface area contributed by atoms with E-state index in [0.717, 1.165) is 23.4 Å². The summed E-state index contributed by atoms with van der Waals surface area (Å²) in [5.74, 6) is -1.34. The summed E-state index contributed by atoms with van der Waals surface area (Å²) < 4.78 is 2.15. The van der Waals surface area contributed by atoms with Crippen LogP contribution in [0.4, 0.5) is 0 Å². The Bertz CT molecular complexity index is 718. The molecule has 0 N–H and O–H groups in total. The number of carboxylic acids is 1. The summed E-state index contributed by atoms with van der Waals surface area (Å²) >= 11 is 0. The summed E-state index contributed by atoms with van der Waals surface area (Å²) in [6, 6.07) is 11.9. The molecule has 0 unspecified atom stereocenters. The fourth-order valence-electron chi connectivity index (χ4n) is 3.10. The van der Waals surface area contributed by atoms with Crippen molar-refractivity contribution in [2.45, 2.75) is 32.4 Å². The van der Waals surface area contributed by atoms with Gasteiger partial charge < -0.3 is 19.4 Å². The van der Waals surface area contributed by atoms with E-state index in [1.807, 2.05) is 49.5 Å². The summed E-state index contributed by atoms with van der Waals surface area (Å²) in [5.41, 5.74) is 3.26. The first-order valence-electron chi connectivity index (χ1n) is 7.77. The monoisotopic (exact) mass is 311 g/mol. The van der Waals surface area contributed by atoms with Crippen molar-refractivity contribution in [3.05, 3.63) is 59.4 Å². The minimum Gasteiger partial charge on any atom is -0.550 e. The van der Waals surface area contributed by atoms with E-state index < -0.39 is 5.97 Å². The standard InChI is InChI=1S/C18H20N2O3/c1-13-4-6-14(7-5-13)18-15-3-2-10-19(15)11-12-20(18)16(21)8-9-17(22)23/h2-7,10,18H,8-9,11-12H2,1H3,(H,22,23)/p-1/t18-/m1/s1. The molecule has 2 aromatic rings. The number of hydrogen-bond acceptors (Lipinski definition) is 3. The van der Waals surface area contributed by atoms with Gasteiger partial charge in [0.05, 0.1) is 6.04 Å². The summed E-state index contributed by atoms with van der Waals surface area (Å²) in [5, 5.41) is 10.6. The molecule has 0 saturated heterocycles. The van der Waals surface area contributed by atoms with Gasteiger partial charge in [-0.05, 0) is 31.0 Å². The lowest BCUT2D eigenvalue weighted by Crippen LogP contribution is -2.42. The van der Waals surface area contributed by atoms with Gasteiger partial charge in [0, 0.05) is 37.4 Å². The van der Waals surface area contributed by atoms with Crippen LogP contribution in [0, 0.1) is 6.92 Å². The third kappa shape index (κ3) is 3.13. The highest BCUT2D eigenvalue weighted by atomic mass is 16.4. The second kappa shape index (κ2) is 6.28. The second-order valence-electron chi connectivity index (χ2n) is 5.90. The highest BCUT2D eigenvalue weighted by Gasteiger charge is 2.31. The molecule has 5 heteroatoms. The summed E-state index contributed by atoms with van der Waals surface area (Å²) in [6.45, 7) is 3.32. The molecule has 3 rings (SSSR count). The molecule has 1 aliphatic rings. The zero-order chi connectivity index (χ0) is 16.4. The smallest absolute Gasteiger partial charge is 0.223 e. The molecule has 1 aromatic carbocycles. The van der Waals surface area contributed by atoms with E-state index in [1.165, 1.54) is 0 Å². The van der Waals surface area contributed by atoms with Gasteiger partial charge in [0.15, 0.2) is 0 Å². The van der Waals surface area contributed by atoms with Crippen LogP contribution in [0.2, 0.25) is 0 Å². The van der Waals surface area contributed by atoms with E-state index >= 15 is 0 Å². The molecule has 1 atom stereocenters. The van der Waals surface area contributed by atoms with Crippen molar-refractivity contribution in [3.8, 4) is 0 Å². The van der Waals surface area contributed by atoms with Gasteiger partial charge in [-0.25, -0.2) is 0 Å². The first-order chi connectivity index (χ1) is 11.1. The molecule has 0 radical (unpaired) electrons. The van der Waals surface area contributed by atoms with Crippen molar-refractivity contribution in [2.75, 3.05) is 6.54 Å². The van der Waals surface area contributed by atoms with Crippen molar-refractivity contribution in [1.82, 2.24) is 9.47 Å². The number of rotatable bonds is 4. The number of nitrogens with zero attached hydrogens (tertiary/aromatic N) is 2. The van der Waals surface area contributed by atoms with Crippen LogP contribution in [0.15, 0.2) is 42.6 Å². The number of hydrogen-bond donors (Lipinski definition) is 0. The number of benzene rings is 1. The van der Waals surface area contributed by atoms with Crippen LogP contribution >= 0.6 is 0 Å². The van der Waals surface area contributed by atoms with Gasteiger partial charge >= 0.3 is 0 Å². The van der Waals surface area contributed by atoms with Crippen LogP contribution in [0.25, 0.3) is 0 Å². The molecule has 0 spiro atoms. The molecule has 1 amide bonds. The van der Waals surface area contributed by atoms with Gasteiger partial charge in [-0.15, -0.1) is 0 Å². The number of carbonyl (C=O) groups excluding carboxylic acids is 2. The predicted octanol–water partition coefficient (Wildman–Crippen LogP) is 1.26. The van der Waals surface area contributed by atoms with Crippen molar-refractivity contribution in [2.24, 2.45) is 0 Å². The highest BCUT2D eigenvalue weighted by Crippen LogP contribution is 2.33. The molecule has 5 nitrogen and oxygen atoms in total. The van der Waals surface area contributed by atoms with Crippen molar-refractivity contribution >= 4 is 11.9 Å². The number of amides is 1. The zero-order valence-electron chi connectivity index (χ0n) is 13.1. The fourth-order valence-corrected chi connectivity index (χ4v) is 3.10. The SMILES string of the molecule is Cc1ccc([C@@H]2c3cccn3CCN2C(=O)CCC(=O)[O-])cc1. The lowest BCUT2D eigenvalue weighted by Gasteiger charge is -2.37. The molecule has 1 aromatic heterocycles. The van der Waals surface area contributed by atoms with Gasteiger partial charge in [-0.3, -0.25) is 4.79 Å². The Labute approximate surface area is 135 Å². The van der Waals surface area contributed by atoms with E-state index in [0.29, 0.717) is 6.54 Å². The number of fused-ring (bicyclic) bond motifs is 1. The van der Waals surface area contributed by atoms with E-state index in [2.05, 4.69) is 4.57 Å². The number of aryl methyl sites for hydroxylation is 1. The van der Waals surface area contributed by atoms with Crippen molar-refractivity contribution in [3.63, 3.8) is 0 Å². The fraction of sp³-hybridized carbons (Fsp3) is 0.333. The quantitative estimate of drug-likeness (QED) is 0.854. The Hall–Kier alpha value is -2.56. The maximum atomic E-state index is 12.5. The van der Waals surface area contributed by atoms with Gasteiger partial charge in [0.25, 0.3) is 0 Å². The van der Waals surface area contributed by atoms with Gasteiger partial charge in [-0.2, -0.15) is 0 Å². The first kappa shape index (κ1) is 15.3. The number of aromatic nitrogens is 1. The maximum Gasteiger partial charge on any atom is 0.223 e. The molecule has 1 aliphatic heterocycles. The Morgan fingerprint density at radius 2 is 1.87 bits per heavy atom. The first-order valence-corrected chi connectivity index (χ1v) is 7.77. The Morgan fingerprint density at radius 3 is 2.57 bits per heavy atom. The second-order valence-corrected chi connectivity index (χ2v) is 5.90. The maximum absolute atomic E-state index is 12.5. The van der Waals surface area contributed by atoms with E-state index in [-0.39, 0.29) is 24.8 Å². The third-order valence-corrected chi connectivity index (χ3v) is 4.29. The van der Waals surface area contributed by atoms with Crippen LogP contribution in [0.3, 0.4) is 0 Å². The predicted molar refractivity (Wildman–Crippen MR) is 83.4 cm³/mol. The number of carbonyl (C=O) groups is 2. The average Bonchev–Trinajstić information content (AvgIpc) is 3.01. The molecule has 0 bridgehead atoms.